The van der Waals surface area contributed by atoms with Gasteiger partial charge >= 0.3 is 0 Å². The maximum Gasteiger partial charge on any atom is 0.0659 e. The summed E-state index contributed by atoms with van der Waals surface area (Å²) in [7, 11) is 0. The quantitative estimate of drug-likeness (QED) is 0.924. The summed E-state index contributed by atoms with van der Waals surface area (Å²) >= 11 is 0. The molecule has 0 bridgehead atoms. The van der Waals surface area contributed by atoms with Gasteiger partial charge in [0.25, 0.3) is 0 Å². The van der Waals surface area contributed by atoms with Crippen LogP contribution in [-0.2, 0) is 6.54 Å². The van der Waals surface area contributed by atoms with Crippen LogP contribution in [0.4, 0.5) is 0 Å². The smallest absolute Gasteiger partial charge is 0.0659 e. The van der Waals surface area contributed by atoms with Crippen molar-refractivity contribution in [1.82, 2.24) is 15.1 Å². The lowest BCUT2D eigenvalue weighted by Crippen LogP contribution is -2.30. The molecule has 106 valence electrons. The van der Waals surface area contributed by atoms with Gasteiger partial charge in [-0.15, -0.1) is 0 Å². The van der Waals surface area contributed by atoms with Crippen molar-refractivity contribution in [3.8, 4) is 0 Å². The van der Waals surface area contributed by atoms with Gasteiger partial charge in [0.05, 0.1) is 12.7 Å². The van der Waals surface area contributed by atoms with Crippen molar-refractivity contribution in [3.05, 3.63) is 53.9 Å². The summed E-state index contributed by atoms with van der Waals surface area (Å²) in [5, 5.41) is 7.97. The van der Waals surface area contributed by atoms with Crippen LogP contribution in [-0.4, -0.2) is 22.9 Å². The highest BCUT2D eigenvalue weighted by Gasteiger charge is 2.22. The lowest BCUT2D eigenvalue weighted by Gasteiger charge is -2.27. The minimum Gasteiger partial charge on any atom is -0.317 e. The first-order valence-corrected chi connectivity index (χ1v) is 7.60. The van der Waals surface area contributed by atoms with Crippen molar-refractivity contribution in [1.29, 1.82) is 0 Å². The zero-order valence-corrected chi connectivity index (χ0v) is 12.1. The van der Waals surface area contributed by atoms with Gasteiger partial charge in [0.2, 0.25) is 0 Å². The van der Waals surface area contributed by atoms with Crippen molar-refractivity contribution in [2.45, 2.75) is 32.2 Å². The fourth-order valence-corrected chi connectivity index (χ4v) is 3.09. The summed E-state index contributed by atoms with van der Waals surface area (Å²) in [4.78, 5) is 0. The molecule has 0 amide bonds. The van der Waals surface area contributed by atoms with Crippen LogP contribution in [0.15, 0.2) is 42.7 Å². The Kier molecular flexibility index (Phi) is 4.16. The zero-order valence-electron chi connectivity index (χ0n) is 12.1. The summed E-state index contributed by atoms with van der Waals surface area (Å²) in [5.41, 5.74) is 2.68. The Morgan fingerprint density at radius 1 is 1.25 bits per heavy atom. The third-order valence-corrected chi connectivity index (χ3v) is 4.46. The maximum absolute atomic E-state index is 4.53. The molecule has 1 saturated heterocycles. The molecule has 3 heteroatoms. The number of piperidine rings is 1. The van der Waals surface area contributed by atoms with Crippen molar-refractivity contribution in [2.75, 3.05) is 13.1 Å². The molecule has 0 spiro atoms. The van der Waals surface area contributed by atoms with Gasteiger partial charge in [0, 0.05) is 6.20 Å². The Labute approximate surface area is 121 Å². The summed E-state index contributed by atoms with van der Waals surface area (Å²) in [6, 6.07) is 10.5. The number of nitrogens with zero attached hydrogens (tertiary/aromatic N) is 2. The number of aromatic nitrogens is 2. The van der Waals surface area contributed by atoms with Crippen LogP contribution in [0.5, 0.6) is 0 Å². The average Bonchev–Trinajstić information content (AvgIpc) is 2.97. The topological polar surface area (TPSA) is 29.9 Å². The molecule has 0 saturated carbocycles. The predicted molar refractivity (Wildman–Crippen MR) is 81.8 cm³/mol. The Hall–Kier alpha value is -1.61. The minimum absolute atomic E-state index is 0.613. The fraction of sp³-hybridized carbons (Fsp3) is 0.471. The Morgan fingerprint density at radius 2 is 2.00 bits per heavy atom. The summed E-state index contributed by atoms with van der Waals surface area (Å²) in [6.45, 7) is 5.53. The van der Waals surface area contributed by atoms with E-state index in [1.54, 1.807) is 0 Å². The van der Waals surface area contributed by atoms with Gasteiger partial charge in [-0.25, -0.2) is 0 Å². The van der Waals surface area contributed by atoms with E-state index in [1.165, 1.54) is 24.0 Å². The largest absolute Gasteiger partial charge is 0.317 e. The van der Waals surface area contributed by atoms with Gasteiger partial charge in [-0.1, -0.05) is 37.3 Å². The standard InChI is InChI=1S/C17H23N3/c1-14(16-7-9-18-10-8-16)17-11-19-20(13-17)12-15-5-3-2-4-6-15/h2-6,11,13-14,16,18H,7-10,12H2,1H3. The van der Waals surface area contributed by atoms with E-state index in [1.807, 2.05) is 0 Å². The number of benzene rings is 1. The molecule has 2 heterocycles. The second-order valence-corrected chi connectivity index (χ2v) is 5.83. The highest BCUT2D eigenvalue weighted by molar-refractivity contribution is 5.17. The normalized spacial score (nSPS) is 18.1. The highest BCUT2D eigenvalue weighted by Crippen LogP contribution is 2.30. The monoisotopic (exact) mass is 269 g/mol. The molecule has 3 nitrogen and oxygen atoms in total. The van der Waals surface area contributed by atoms with Crippen LogP contribution >= 0.6 is 0 Å². The summed E-state index contributed by atoms with van der Waals surface area (Å²) < 4.78 is 2.06. The predicted octanol–water partition coefficient (Wildman–Crippen LogP) is 3.03. The van der Waals surface area contributed by atoms with E-state index in [-0.39, 0.29) is 0 Å². The third-order valence-electron chi connectivity index (χ3n) is 4.46. The minimum atomic E-state index is 0.613. The van der Waals surface area contributed by atoms with E-state index in [0.29, 0.717) is 5.92 Å². The third kappa shape index (κ3) is 3.10. The van der Waals surface area contributed by atoms with E-state index < -0.39 is 0 Å². The number of hydrogen-bond acceptors (Lipinski definition) is 2. The molecule has 1 aliphatic rings. The van der Waals surface area contributed by atoms with Gasteiger partial charge in [-0.2, -0.15) is 5.10 Å². The van der Waals surface area contributed by atoms with Crippen LogP contribution in [0.1, 0.15) is 36.8 Å². The lowest BCUT2D eigenvalue weighted by atomic mass is 9.83. The maximum atomic E-state index is 4.53. The summed E-state index contributed by atoms with van der Waals surface area (Å²) in [6.07, 6.45) is 6.84. The van der Waals surface area contributed by atoms with E-state index in [4.69, 9.17) is 0 Å². The molecular formula is C17H23N3. The number of hydrogen-bond donors (Lipinski definition) is 1. The molecule has 2 aromatic rings. The molecule has 1 aliphatic heterocycles. The first-order valence-electron chi connectivity index (χ1n) is 7.60. The molecular weight excluding hydrogens is 246 g/mol. The van der Waals surface area contributed by atoms with Gasteiger partial charge < -0.3 is 5.32 Å². The number of rotatable bonds is 4. The average molecular weight is 269 g/mol. The van der Waals surface area contributed by atoms with E-state index in [2.05, 4.69) is 64.7 Å². The van der Waals surface area contributed by atoms with Crippen molar-refractivity contribution in [2.24, 2.45) is 5.92 Å². The van der Waals surface area contributed by atoms with Crippen LogP contribution in [0.2, 0.25) is 0 Å². The Morgan fingerprint density at radius 3 is 2.75 bits per heavy atom. The van der Waals surface area contributed by atoms with Gasteiger partial charge in [0.1, 0.15) is 0 Å². The molecule has 0 radical (unpaired) electrons. The van der Waals surface area contributed by atoms with Gasteiger partial charge in [-0.05, 0) is 48.9 Å². The van der Waals surface area contributed by atoms with Crippen LogP contribution < -0.4 is 5.32 Å². The highest BCUT2D eigenvalue weighted by atomic mass is 15.3. The second-order valence-electron chi connectivity index (χ2n) is 5.83. The van der Waals surface area contributed by atoms with Crippen LogP contribution in [0, 0.1) is 5.92 Å². The molecule has 1 atom stereocenters. The zero-order chi connectivity index (χ0) is 13.8. The van der Waals surface area contributed by atoms with Gasteiger partial charge in [0.15, 0.2) is 0 Å². The molecule has 1 aromatic carbocycles. The summed E-state index contributed by atoms with van der Waals surface area (Å²) in [5.74, 6) is 1.41. The van der Waals surface area contributed by atoms with Crippen molar-refractivity contribution < 1.29 is 0 Å². The molecule has 3 rings (SSSR count). The van der Waals surface area contributed by atoms with E-state index >= 15 is 0 Å². The Balaban J connectivity index is 1.66. The number of nitrogens with one attached hydrogen (secondary N) is 1. The first kappa shape index (κ1) is 13.4. The van der Waals surface area contributed by atoms with E-state index in [9.17, 15) is 0 Å². The molecule has 0 aliphatic carbocycles. The Bertz CT molecular complexity index is 526. The van der Waals surface area contributed by atoms with Crippen LogP contribution in [0.25, 0.3) is 0 Å². The van der Waals surface area contributed by atoms with Crippen LogP contribution in [0.3, 0.4) is 0 Å². The molecule has 1 N–H and O–H groups in total. The first-order chi connectivity index (χ1) is 9.83. The van der Waals surface area contributed by atoms with E-state index in [0.717, 1.165) is 25.6 Å². The SMILES string of the molecule is CC(c1cnn(Cc2ccccc2)c1)C1CCNCC1. The molecule has 20 heavy (non-hydrogen) atoms. The second kappa shape index (κ2) is 6.23. The molecule has 1 aromatic heterocycles. The molecule has 1 fully saturated rings. The van der Waals surface area contributed by atoms with Crippen molar-refractivity contribution in [3.63, 3.8) is 0 Å². The fourth-order valence-electron chi connectivity index (χ4n) is 3.09. The lowest BCUT2D eigenvalue weighted by molar-refractivity contribution is 0.330. The van der Waals surface area contributed by atoms with Gasteiger partial charge in [-0.3, -0.25) is 4.68 Å². The van der Waals surface area contributed by atoms with Crippen molar-refractivity contribution >= 4 is 0 Å². The molecule has 1 unspecified atom stereocenters.